The highest BCUT2D eigenvalue weighted by molar-refractivity contribution is 6.31. The number of halogens is 1. The number of amides is 3. The van der Waals surface area contributed by atoms with E-state index in [-0.39, 0.29) is 17.7 Å². The van der Waals surface area contributed by atoms with E-state index in [1.54, 1.807) is 42.6 Å². The number of ether oxygens (including phenoxy) is 1. The van der Waals surface area contributed by atoms with E-state index in [1.165, 1.54) is 12.0 Å². The lowest BCUT2D eigenvalue weighted by Crippen LogP contribution is -2.54. The number of benzene rings is 4. The van der Waals surface area contributed by atoms with Crippen LogP contribution < -0.4 is 15.1 Å². The van der Waals surface area contributed by atoms with Gasteiger partial charge in [-0.25, -0.2) is 10.3 Å². The van der Waals surface area contributed by atoms with Crippen molar-refractivity contribution in [3.63, 3.8) is 0 Å². The third-order valence-electron chi connectivity index (χ3n) is 8.88. The summed E-state index contributed by atoms with van der Waals surface area (Å²) < 4.78 is 5.35. The molecule has 3 amide bonds. The number of imide groups is 1. The molecule has 1 fully saturated rings. The van der Waals surface area contributed by atoms with Crippen molar-refractivity contribution in [1.82, 2.24) is 5.43 Å². The van der Waals surface area contributed by atoms with Crippen LogP contribution in [-0.2, 0) is 15.0 Å². The molecule has 42 heavy (non-hydrogen) atoms. The Morgan fingerprint density at radius 3 is 2.26 bits per heavy atom. The lowest BCUT2D eigenvalue weighted by atomic mass is 9.47. The van der Waals surface area contributed by atoms with Gasteiger partial charge in [0.15, 0.2) is 0 Å². The van der Waals surface area contributed by atoms with E-state index in [1.807, 2.05) is 61.5 Å². The molecule has 4 aromatic carbocycles. The van der Waals surface area contributed by atoms with Crippen molar-refractivity contribution in [2.45, 2.75) is 18.3 Å². The monoisotopic (exact) mass is 575 g/mol. The summed E-state index contributed by atoms with van der Waals surface area (Å²) >= 11 is 6.34. The average Bonchev–Trinajstić information content (AvgIpc) is 3.28. The van der Waals surface area contributed by atoms with Crippen LogP contribution in [0.4, 0.5) is 5.69 Å². The van der Waals surface area contributed by atoms with Crippen LogP contribution in [0.15, 0.2) is 96.1 Å². The van der Waals surface area contributed by atoms with Gasteiger partial charge in [-0.05, 0) is 59.0 Å². The number of carbonyl (C=O) groups is 3. The van der Waals surface area contributed by atoms with Gasteiger partial charge in [-0.15, -0.1) is 0 Å². The van der Waals surface area contributed by atoms with E-state index in [2.05, 4.69) is 10.5 Å². The number of hydrazone groups is 1. The number of hydrogen-bond donors (Lipinski definition) is 1. The number of methoxy groups -OCH3 is 1. The number of anilines is 1. The summed E-state index contributed by atoms with van der Waals surface area (Å²) in [5, 5.41) is 4.92. The third-order valence-corrected chi connectivity index (χ3v) is 9.12. The van der Waals surface area contributed by atoms with Crippen LogP contribution in [0.25, 0.3) is 0 Å². The maximum absolute atomic E-state index is 14.5. The Balaban J connectivity index is 1.41. The lowest BCUT2D eigenvalue weighted by molar-refractivity contribution is -0.122. The molecule has 2 atom stereocenters. The molecule has 8 heteroatoms. The van der Waals surface area contributed by atoms with Gasteiger partial charge in [-0.3, -0.25) is 14.4 Å². The second-order valence-corrected chi connectivity index (χ2v) is 11.3. The summed E-state index contributed by atoms with van der Waals surface area (Å²) in [4.78, 5) is 43.3. The number of nitrogens with one attached hydrogen (secondary N) is 1. The molecule has 0 spiro atoms. The van der Waals surface area contributed by atoms with Crippen LogP contribution in [0.2, 0.25) is 5.02 Å². The quantitative estimate of drug-likeness (QED) is 0.190. The second kappa shape index (κ2) is 9.67. The molecule has 208 valence electrons. The fraction of sp³-hybridized carbons (Fsp3) is 0.176. The molecule has 1 saturated heterocycles. The van der Waals surface area contributed by atoms with Gasteiger partial charge in [0.25, 0.3) is 5.91 Å². The highest BCUT2D eigenvalue weighted by atomic mass is 35.5. The Hall–Kier alpha value is -4.75. The summed E-state index contributed by atoms with van der Waals surface area (Å²) in [6, 6.07) is 27.9. The molecule has 0 aromatic heterocycles. The van der Waals surface area contributed by atoms with Gasteiger partial charge in [0, 0.05) is 17.2 Å². The molecule has 4 aromatic rings. The first-order valence-corrected chi connectivity index (χ1v) is 14.1. The fourth-order valence-corrected chi connectivity index (χ4v) is 7.36. The summed E-state index contributed by atoms with van der Waals surface area (Å²) in [7, 11) is 1.50. The van der Waals surface area contributed by atoms with Gasteiger partial charge in [-0.2, -0.15) is 5.10 Å². The van der Waals surface area contributed by atoms with Crippen molar-refractivity contribution < 1.29 is 19.1 Å². The van der Waals surface area contributed by atoms with Gasteiger partial charge in [-0.1, -0.05) is 78.3 Å². The van der Waals surface area contributed by atoms with Gasteiger partial charge >= 0.3 is 0 Å². The lowest BCUT2D eigenvalue weighted by Gasteiger charge is -2.52. The molecule has 0 radical (unpaired) electrons. The molecule has 1 N–H and O–H groups in total. The fourth-order valence-electron chi connectivity index (χ4n) is 7.20. The number of hydrogen-bond acceptors (Lipinski definition) is 5. The minimum Gasteiger partial charge on any atom is -0.496 e. The summed E-state index contributed by atoms with van der Waals surface area (Å²) in [5.41, 5.74) is 6.88. The molecule has 2 bridgehead atoms. The van der Waals surface area contributed by atoms with Crippen LogP contribution in [0, 0.1) is 18.8 Å². The first-order valence-electron chi connectivity index (χ1n) is 13.7. The predicted octanol–water partition coefficient (Wildman–Crippen LogP) is 5.62. The Kier molecular flexibility index (Phi) is 6.02. The van der Waals surface area contributed by atoms with Gasteiger partial charge in [0.2, 0.25) is 11.8 Å². The predicted molar refractivity (Wildman–Crippen MR) is 160 cm³/mol. The number of rotatable bonds is 5. The zero-order chi connectivity index (χ0) is 29.2. The maximum Gasteiger partial charge on any atom is 0.275 e. The molecule has 1 aliphatic heterocycles. The number of aryl methyl sites for hydroxylation is 1. The zero-order valence-electron chi connectivity index (χ0n) is 22.9. The summed E-state index contributed by atoms with van der Waals surface area (Å²) in [5.74, 6) is -2.34. The normalized spacial score (nSPS) is 23.5. The van der Waals surface area contributed by atoms with E-state index >= 15 is 0 Å². The summed E-state index contributed by atoms with van der Waals surface area (Å²) in [6.07, 6.45) is 1.64. The van der Waals surface area contributed by atoms with Crippen molar-refractivity contribution >= 4 is 41.2 Å². The van der Waals surface area contributed by atoms with E-state index in [0.717, 1.165) is 27.8 Å². The number of nitrogens with zero attached hydrogens (tertiary/aromatic N) is 2. The first-order chi connectivity index (χ1) is 20.4. The Morgan fingerprint density at radius 2 is 1.57 bits per heavy atom. The highest BCUT2D eigenvalue weighted by Crippen LogP contribution is 2.63. The van der Waals surface area contributed by atoms with E-state index in [4.69, 9.17) is 16.3 Å². The smallest absolute Gasteiger partial charge is 0.275 e. The SMILES string of the molecule is COc1ccccc1C(=O)N/N=C/C12c3ccccc3C(c3ccccc31)[C@@H]1C(=O)N(c3cc(Cl)ccc3C)C(=O)[C@@H]12. The number of para-hydroxylation sites is 1. The minimum atomic E-state index is -1.10. The molecular formula is C34H26ClN3O4. The van der Waals surface area contributed by atoms with Crippen LogP contribution in [-0.4, -0.2) is 31.0 Å². The van der Waals surface area contributed by atoms with Crippen LogP contribution in [0.3, 0.4) is 0 Å². The second-order valence-electron chi connectivity index (χ2n) is 10.9. The topological polar surface area (TPSA) is 88.1 Å². The van der Waals surface area contributed by atoms with Gasteiger partial charge in [0.1, 0.15) is 5.75 Å². The van der Waals surface area contributed by atoms with E-state index < -0.39 is 23.2 Å². The Labute approximate surface area is 247 Å². The van der Waals surface area contributed by atoms with Crippen LogP contribution in [0.5, 0.6) is 5.75 Å². The minimum absolute atomic E-state index is 0.264. The Morgan fingerprint density at radius 1 is 0.929 bits per heavy atom. The molecule has 4 aliphatic rings. The van der Waals surface area contributed by atoms with Crippen molar-refractivity contribution in [3.05, 3.63) is 129 Å². The van der Waals surface area contributed by atoms with Crippen LogP contribution >= 0.6 is 11.6 Å². The highest BCUT2D eigenvalue weighted by Gasteiger charge is 2.68. The zero-order valence-corrected chi connectivity index (χ0v) is 23.6. The summed E-state index contributed by atoms with van der Waals surface area (Å²) in [6.45, 7) is 1.86. The van der Waals surface area contributed by atoms with Gasteiger partial charge in [0.05, 0.1) is 35.6 Å². The van der Waals surface area contributed by atoms with Crippen molar-refractivity contribution in [3.8, 4) is 5.75 Å². The number of carbonyl (C=O) groups excluding carboxylic acids is 3. The van der Waals surface area contributed by atoms with Gasteiger partial charge < -0.3 is 4.74 Å². The average molecular weight is 576 g/mol. The molecule has 0 saturated carbocycles. The first kappa shape index (κ1) is 26.2. The maximum atomic E-state index is 14.5. The van der Waals surface area contributed by atoms with Crippen molar-refractivity contribution in [1.29, 1.82) is 0 Å². The van der Waals surface area contributed by atoms with Crippen molar-refractivity contribution in [2.75, 3.05) is 12.0 Å². The van der Waals surface area contributed by atoms with E-state index in [9.17, 15) is 14.4 Å². The molecule has 0 unspecified atom stereocenters. The van der Waals surface area contributed by atoms with E-state index in [0.29, 0.717) is 22.0 Å². The molecule has 1 heterocycles. The molecular weight excluding hydrogens is 550 g/mol. The molecule has 7 nitrogen and oxygen atoms in total. The standard InChI is InChI=1S/C34H26ClN3O4/c1-19-15-16-20(35)17-26(19)38-32(40)29-28-21-9-3-6-12-24(21)34(30(29)33(38)41,25-13-7-4-10-22(25)28)18-36-37-31(39)23-11-5-8-14-27(23)42-2/h3-18,28-30H,1-2H3,(H,37,39)/b36-18+/t28?,29-,30+,34?/m0/s1. The van der Waals surface area contributed by atoms with Crippen LogP contribution in [0.1, 0.15) is 44.1 Å². The third kappa shape index (κ3) is 3.53. The van der Waals surface area contributed by atoms with Crippen molar-refractivity contribution in [2.24, 2.45) is 16.9 Å². The largest absolute Gasteiger partial charge is 0.496 e. The molecule has 8 rings (SSSR count). The Bertz CT molecular complexity index is 1790. The molecule has 3 aliphatic carbocycles.